The number of hydrogen-bond acceptors (Lipinski definition) is 4. The van der Waals surface area contributed by atoms with E-state index in [1.807, 2.05) is 0 Å². The summed E-state index contributed by atoms with van der Waals surface area (Å²) in [5.74, 6) is -0.646. The average molecular weight is 352 g/mol. The predicted molar refractivity (Wildman–Crippen MR) is 95.0 cm³/mol. The van der Waals surface area contributed by atoms with Gasteiger partial charge in [0.2, 0.25) is 0 Å². The molecule has 0 radical (unpaired) electrons. The molecule has 0 saturated carbocycles. The van der Waals surface area contributed by atoms with Crippen LogP contribution < -0.4 is 10.9 Å². The summed E-state index contributed by atoms with van der Waals surface area (Å²) in [5.41, 5.74) is -0.255. The fourth-order valence-corrected chi connectivity index (χ4v) is 2.48. The van der Waals surface area contributed by atoms with Crippen LogP contribution in [0.1, 0.15) is 29.8 Å². The summed E-state index contributed by atoms with van der Waals surface area (Å²) in [7, 11) is 0. The third-order valence-corrected chi connectivity index (χ3v) is 3.94. The van der Waals surface area contributed by atoms with Gasteiger partial charge in [-0.2, -0.15) is 0 Å². The largest absolute Gasteiger partial charge is 0.343 e. The molecule has 2 aromatic heterocycles. The molecular formula is C19H17FN4O2. The molecule has 0 spiro atoms. The molecule has 3 aromatic rings. The lowest BCUT2D eigenvalue weighted by atomic mass is 9.94. The molecule has 2 N–H and O–H groups in total. The molecule has 0 saturated heterocycles. The molecule has 26 heavy (non-hydrogen) atoms. The Kier molecular flexibility index (Phi) is 4.62. The topological polar surface area (TPSA) is 87.7 Å². The van der Waals surface area contributed by atoms with Gasteiger partial charge < -0.3 is 10.3 Å². The first kappa shape index (κ1) is 17.5. The first-order valence-electron chi connectivity index (χ1n) is 7.96. The minimum atomic E-state index is -0.795. The molecule has 0 bridgehead atoms. The molecule has 0 aliphatic heterocycles. The van der Waals surface area contributed by atoms with Crippen LogP contribution in [0.5, 0.6) is 0 Å². The van der Waals surface area contributed by atoms with E-state index in [9.17, 15) is 14.0 Å². The van der Waals surface area contributed by atoms with Gasteiger partial charge in [0.05, 0.1) is 5.54 Å². The second kappa shape index (κ2) is 6.87. The lowest BCUT2D eigenvalue weighted by Crippen LogP contribution is -2.43. The zero-order chi connectivity index (χ0) is 18.7. The summed E-state index contributed by atoms with van der Waals surface area (Å²) in [4.78, 5) is 35.6. The predicted octanol–water partition coefficient (Wildman–Crippen LogP) is 2.64. The number of rotatable bonds is 4. The van der Waals surface area contributed by atoms with Crippen LogP contribution in [0.25, 0.3) is 11.5 Å². The Labute approximate surface area is 149 Å². The van der Waals surface area contributed by atoms with Gasteiger partial charge in [0.25, 0.3) is 11.5 Å². The van der Waals surface area contributed by atoms with Crippen LogP contribution in [0.2, 0.25) is 0 Å². The highest BCUT2D eigenvalue weighted by atomic mass is 19.1. The van der Waals surface area contributed by atoms with Gasteiger partial charge in [-0.1, -0.05) is 18.2 Å². The van der Waals surface area contributed by atoms with Gasteiger partial charge in [0.15, 0.2) is 5.82 Å². The Bertz CT molecular complexity index is 982. The van der Waals surface area contributed by atoms with Crippen molar-refractivity contribution in [2.75, 3.05) is 0 Å². The van der Waals surface area contributed by atoms with Crippen molar-refractivity contribution in [3.05, 3.63) is 82.2 Å². The number of nitrogens with zero attached hydrogens (tertiary/aromatic N) is 2. The number of aromatic nitrogens is 3. The number of pyridine rings is 1. The SMILES string of the molecule is CC(C)(NC(=O)c1cnc(-c2ccccn2)[nH]c1=O)c1ccc(F)cc1. The maximum Gasteiger partial charge on any atom is 0.264 e. The van der Waals surface area contributed by atoms with E-state index in [4.69, 9.17) is 0 Å². The van der Waals surface area contributed by atoms with Gasteiger partial charge in [-0.25, -0.2) is 9.37 Å². The van der Waals surface area contributed by atoms with E-state index >= 15 is 0 Å². The van der Waals surface area contributed by atoms with E-state index in [0.29, 0.717) is 11.3 Å². The molecule has 0 fully saturated rings. The zero-order valence-electron chi connectivity index (χ0n) is 14.3. The minimum absolute atomic E-state index is 0.111. The van der Waals surface area contributed by atoms with Crippen molar-refractivity contribution in [2.24, 2.45) is 0 Å². The van der Waals surface area contributed by atoms with E-state index in [-0.39, 0.29) is 17.2 Å². The molecule has 1 amide bonds. The first-order chi connectivity index (χ1) is 12.4. The molecule has 0 unspecified atom stereocenters. The number of halogens is 1. The number of nitrogens with one attached hydrogen (secondary N) is 2. The molecule has 0 aliphatic carbocycles. The van der Waals surface area contributed by atoms with Gasteiger partial charge in [0, 0.05) is 12.4 Å². The van der Waals surface area contributed by atoms with E-state index in [0.717, 1.165) is 0 Å². The van der Waals surface area contributed by atoms with Crippen LogP contribution in [0.3, 0.4) is 0 Å². The minimum Gasteiger partial charge on any atom is -0.343 e. The normalized spacial score (nSPS) is 11.2. The van der Waals surface area contributed by atoms with Gasteiger partial charge >= 0.3 is 0 Å². The molecule has 0 aliphatic rings. The quantitative estimate of drug-likeness (QED) is 0.756. The molecule has 132 valence electrons. The molecule has 2 heterocycles. The number of benzene rings is 1. The van der Waals surface area contributed by atoms with Crippen LogP contribution >= 0.6 is 0 Å². The van der Waals surface area contributed by atoms with Crippen molar-refractivity contribution in [3.63, 3.8) is 0 Å². The number of aromatic amines is 1. The molecule has 0 atom stereocenters. The molecule has 3 rings (SSSR count). The van der Waals surface area contributed by atoms with Crippen molar-refractivity contribution >= 4 is 5.91 Å². The Hall–Kier alpha value is -3.35. The Morgan fingerprint density at radius 2 is 1.85 bits per heavy atom. The van der Waals surface area contributed by atoms with Crippen LogP contribution in [0, 0.1) is 5.82 Å². The number of amides is 1. The number of hydrogen-bond donors (Lipinski definition) is 2. The Morgan fingerprint density at radius 3 is 2.46 bits per heavy atom. The highest BCUT2D eigenvalue weighted by Crippen LogP contribution is 2.20. The summed E-state index contributed by atoms with van der Waals surface area (Å²) in [6.45, 7) is 3.53. The fourth-order valence-electron chi connectivity index (χ4n) is 2.48. The second-order valence-electron chi connectivity index (χ2n) is 6.28. The number of carbonyl (C=O) groups is 1. The average Bonchev–Trinajstić information content (AvgIpc) is 2.62. The Morgan fingerprint density at radius 1 is 1.12 bits per heavy atom. The molecular weight excluding hydrogens is 335 g/mol. The van der Waals surface area contributed by atoms with Crippen molar-refractivity contribution < 1.29 is 9.18 Å². The monoisotopic (exact) mass is 352 g/mol. The van der Waals surface area contributed by atoms with Crippen molar-refractivity contribution in [2.45, 2.75) is 19.4 Å². The van der Waals surface area contributed by atoms with Crippen molar-refractivity contribution in [1.82, 2.24) is 20.3 Å². The van der Waals surface area contributed by atoms with Crippen molar-refractivity contribution in [1.29, 1.82) is 0 Å². The summed E-state index contributed by atoms with van der Waals surface area (Å²) in [6.07, 6.45) is 2.81. The third-order valence-electron chi connectivity index (χ3n) is 3.94. The van der Waals surface area contributed by atoms with E-state index < -0.39 is 17.0 Å². The number of carbonyl (C=O) groups excluding carboxylic acids is 1. The first-order valence-corrected chi connectivity index (χ1v) is 7.96. The van der Waals surface area contributed by atoms with Crippen LogP contribution in [-0.4, -0.2) is 20.9 Å². The van der Waals surface area contributed by atoms with Gasteiger partial charge in [0.1, 0.15) is 17.1 Å². The van der Waals surface area contributed by atoms with Crippen molar-refractivity contribution in [3.8, 4) is 11.5 Å². The summed E-state index contributed by atoms with van der Waals surface area (Å²) in [5, 5.41) is 2.77. The standard InChI is InChI=1S/C19H17FN4O2/c1-19(2,12-6-8-13(20)9-7-12)24-18(26)14-11-22-16(23-17(14)25)15-5-3-4-10-21-15/h3-11H,1-2H3,(H,24,26)(H,22,23,25). The summed E-state index contributed by atoms with van der Waals surface area (Å²) >= 11 is 0. The van der Waals surface area contributed by atoms with Crippen LogP contribution in [-0.2, 0) is 5.54 Å². The van der Waals surface area contributed by atoms with Gasteiger partial charge in [-0.15, -0.1) is 0 Å². The Balaban J connectivity index is 1.84. The van der Waals surface area contributed by atoms with E-state index in [2.05, 4.69) is 20.3 Å². The molecule has 6 nitrogen and oxygen atoms in total. The fraction of sp³-hybridized carbons (Fsp3) is 0.158. The third kappa shape index (κ3) is 3.66. The lowest BCUT2D eigenvalue weighted by Gasteiger charge is -2.26. The summed E-state index contributed by atoms with van der Waals surface area (Å²) < 4.78 is 13.1. The second-order valence-corrected chi connectivity index (χ2v) is 6.28. The van der Waals surface area contributed by atoms with Gasteiger partial charge in [-0.05, 0) is 43.7 Å². The van der Waals surface area contributed by atoms with E-state index in [1.54, 1.807) is 50.4 Å². The lowest BCUT2D eigenvalue weighted by molar-refractivity contribution is 0.0910. The smallest absolute Gasteiger partial charge is 0.264 e. The maximum absolute atomic E-state index is 13.1. The van der Waals surface area contributed by atoms with Crippen LogP contribution in [0.15, 0.2) is 59.7 Å². The highest BCUT2D eigenvalue weighted by molar-refractivity contribution is 5.94. The molecule has 7 heteroatoms. The maximum atomic E-state index is 13.1. The zero-order valence-corrected chi connectivity index (χ0v) is 14.3. The van der Waals surface area contributed by atoms with Gasteiger partial charge in [-0.3, -0.25) is 14.6 Å². The molecule has 1 aromatic carbocycles. The van der Waals surface area contributed by atoms with Crippen LogP contribution in [0.4, 0.5) is 4.39 Å². The highest BCUT2D eigenvalue weighted by Gasteiger charge is 2.25. The van der Waals surface area contributed by atoms with E-state index in [1.165, 1.54) is 18.3 Å². The summed E-state index contributed by atoms with van der Waals surface area (Å²) in [6, 6.07) is 11.0. The number of H-pyrrole nitrogens is 1.